The van der Waals surface area contributed by atoms with Crippen molar-refractivity contribution in [2.45, 2.75) is 17.9 Å². The lowest BCUT2D eigenvalue weighted by Gasteiger charge is -2.34. The van der Waals surface area contributed by atoms with Crippen molar-refractivity contribution in [1.29, 1.82) is 0 Å². The molecule has 3 rings (SSSR count). The van der Waals surface area contributed by atoms with E-state index in [1.807, 2.05) is 6.92 Å². The summed E-state index contributed by atoms with van der Waals surface area (Å²) in [5, 5.41) is 2.65. The number of hydrogen-bond acceptors (Lipinski definition) is 4. The number of nitrogens with zero attached hydrogens (tertiary/aromatic N) is 1. The Morgan fingerprint density at radius 3 is 2.65 bits per heavy atom. The van der Waals surface area contributed by atoms with E-state index in [1.165, 1.54) is 4.31 Å². The lowest BCUT2D eigenvalue weighted by atomic mass is 10.2. The molecule has 0 radical (unpaired) electrons. The Morgan fingerprint density at radius 2 is 1.96 bits per heavy atom. The zero-order valence-corrected chi connectivity index (χ0v) is 15.2. The Bertz CT molecular complexity index is 923. The molecule has 2 aromatic rings. The third kappa shape index (κ3) is 3.43. The van der Waals surface area contributed by atoms with Gasteiger partial charge < -0.3 is 10.1 Å². The maximum absolute atomic E-state index is 13.2. The van der Waals surface area contributed by atoms with Gasteiger partial charge in [0.1, 0.15) is 5.75 Å². The molecule has 6 nitrogen and oxygen atoms in total. The molecule has 0 saturated heterocycles. The Balaban J connectivity index is 2.00. The molecule has 0 aromatic heterocycles. The maximum Gasteiger partial charge on any atom is 0.264 e. The van der Waals surface area contributed by atoms with Crippen molar-refractivity contribution >= 4 is 21.6 Å². The molecule has 7 heteroatoms. The Hall–Kier alpha value is -2.80. The number of rotatable bonds is 5. The van der Waals surface area contributed by atoms with Crippen LogP contribution in [-0.2, 0) is 14.8 Å². The molecule has 0 saturated carbocycles. The summed E-state index contributed by atoms with van der Waals surface area (Å²) in [6.45, 7) is 5.62. The molecule has 136 valence electrons. The average Bonchev–Trinajstić information content (AvgIpc) is 2.65. The second-order valence-corrected chi connectivity index (χ2v) is 7.82. The molecule has 1 atom stereocenters. The number of aryl methyl sites for hydroxylation is 1. The first-order valence-corrected chi connectivity index (χ1v) is 9.61. The summed E-state index contributed by atoms with van der Waals surface area (Å²) in [7, 11) is -3.83. The van der Waals surface area contributed by atoms with E-state index in [0.717, 1.165) is 5.56 Å². The molecule has 1 heterocycles. The van der Waals surface area contributed by atoms with Crippen LogP contribution in [0.3, 0.4) is 0 Å². The molecule has 0 fully saturated rings. The minimum atomic E-state index is -3.83. The van der Waals surface area contributed by atoms with Gasteiger partial charge in [-0.1, -0.05) is 35.9 Å². The van der Waals surface area contributed by atoms with E-state index in [4.69, 9.17) is 4.74 Å². The van der Waals surface area contributed by atoms with Crippen molar-refractivity contribution in [3.8, 4) is 5.75 Å². The third-order valence-corrected chi connectivity index (χ3v) is 5.85. The summed E-state index contributed by atoms with van der Waals surface area (Å²) < 4.78 is 33.3. The molecule has 1 N–H and O–H groups in total. The van der Waals surface area contributed by atoms with Crippen molar-refractivity contribution in [2.75, 3.05) is 17.4 Å². The largest absolute Gasteiger partial charge is 0.476 e. The van der Waals surface area contributed by atoms with Crippen molar-refractivity contribution in [3.63, 3.8) is 0 Å². The highest BCUT2D eigenvalue weighted by Crippen LogP contribution is 2.36. The van der Waals surface area contributed by atoms with Crippen LogP contribution in [0, 0.1) is 6.92 Å². The number of carbonyl (C=O) groups is 1. The van der Waals surface area contributed by atoms with Gasteiger partial charge in [-0.05, 0) is 31.2 Å². The summed E-state index contributed by atoms with van der Waals surface area (Å²) in [6.07, 6.45) is 0.611. The topological polar surface area (TPSA) is 75.7 Å². The van der Waals surface area contributed by atoms with Crippen LogP contribution in [0.25, 0.3) is 0 Å². The molecule has 2 aromatic carbocycles. The number of fused-ring (bicyclic) bond motifs is 1. The number of carbonyl (C=O) groups excluding carboxylic acids is 1. The highest BCUT2D eigenvalue weighted by Gasteiger charge is 2.37. The summed E-state index contributed by atoms with van der Waals surface area (Å²) in [5.74, 6) is -0.0308. The van der Waals surface area contributed by atoms with E-state index < -0.39 is 16.1 Å². The van der Waals surface area contributed by atoms with Gasteiger partial charge in [0.05, 0.1) is 17.1 Å². The number of anilines is 1. The van der Waals surface area contributed by atoms with Crippen molar-refractivity contribution in [2.24, 2.45) is 0 Å². The van der Waals surface area contributed by atoms with Gasteiger partial charge in [0.2, 0.25) is 0 Å². The summed E-state index contributed by atoms with van der Waals surface area (Å²) in [6, 6.07) is 13.4. The van der Waals surface area contributed by atoms with Crippen LogP contribution in [0.4, 0.5) is 5.69 Å². The molecular formula is C19H20N2O4S. The number of nitrogens with one attached hydrogen (secondary N) is 1. The van der Waals surface area contributed by atoms with Crippen molar-refractivity contribution in [3.05, 3.63) is 66.7 Å². The van der Waals surface area contributed by atoms with Crippen molar-refractivity contribution < 1.29 is 17.9 Å². The molecular weight excluding hydrogens is 352 g/mol. The number of para-hydroxylation sites is 2. The van der Waals surface area contributed by atoms with Crippen LogP contribution in [0.5, 0.6) is 5.75 Å². The van der Waals surface area contributed by atoms with Crippen LogP contribution in [-0.4, -0.2) is 33.5 Å². The zero-order chi connectivity index (χ0) is 18.7. The van der Waals surface area contributed by atoms with Crippen LogP contribution in [0.2, 0.25) is 0 Å². The Morgan fingerprint density at radius 1 is 1.27 bits per heavy atom. The molecule has 1 aliphatic rings. The summed E-state index contributed by atoms with van der Waals surface area (Å²) >= 11 is 0. The number of amides is 1. The van der Waals surface area contributed by atoms with E-state index >= 15 is 0 Å². The van der Waals surface area contributed by atoms with Crippen LogP contribution in [0.15, 0.2) is 66.1 Å². The van der Waals surface area contributed by atoms with Crippen LogP contribution >= 0.6 is 0 Å². The normalized spacial score (nSPS) is 16.3. The van der Waals surface area contributed by atoms with E-state index in [-0.39, 0.29) is 23.9 Å². The smallest absolute Gasteiger partial charge is 0.264 e. The van der Waals surface area contributed by atoms with Crippen LogP contribution in [0.1, 0.15) is 5.56 Å². The van der Waals surface area contributed by atoms with Gasteiger partial charge in [-0.15, -0.1) is 6.58 Å². The third-order valence-electron chi connectivity index (χ3n) is 4.06. The van der Waals surface area contributed by atoms with E-state index in [9.17, 15) is 13.2 Å². The van der Waals surface area contributed by atoms with Gasteiger partial charge in [-0.3, -0.25) is 9.10 Å². The number of sulfonamides is 1. The SMILES string of the molecule is C=CCNC(=O)[C@@H]1CN(S(=O)(=O)c2ccc(C)cc2)c2ccccc2O1. The van der Waals surface area contributed by atoms with Gasteiger partial charge in [0.15, 0.2) is 6.10 Å². The zero-order valence-electron chi connectivity index (χ0n) is 14.4. The van der Waals surface area contributed by atoms with Gasteiger partial charge in [-0.25, -0.2) is 8.42 Å². The van der Waals surface area contributed by atoms with Gasteiger partial charge in [-0.2, -0.15) is 0 Å². The first-order chi connectivity index (χ1) is 12.4. The number of benzene rings is 2. The maximum atomic E-state index is 13.2. The summed E-state index contributed by atoms with van der Waals surface area (Å²) in [5.41, 5.74) is 1.38. The van der Waals surface area contributed by atoms with E-state index in [1.54, 1.807) is 54.6 Å². The molecule has 1 aliphatic heterocycles. The molecule has 26 heavy (non-hydrogen) atoms. The minimum absolute atomic E-state index is 0.101. The molecule has 0 bridgehead atoms. The molecule has 0 spiro atoms. The van der Waals surface area contributed by atoms with E-state index in [2.05, 4.69) is 11.9 Å². The average molecular weight is 372 g/mol. The Labute approximate surface area is 153 Å². The van der Waals surface area contributed by atoms with Gasteiger partial charge in [0, 0.05) is 6.54 Å². The minimum Gasteiger partial charge on any atom is -0.476 e. The van der Waals surface area contributed by atoms with Crippen molar-refractivity contribution in [1.82, 2.24) is 5.32 Å². The second kappa shape index (κ2) is 7.21. The van der Waals surface area contributed by atoms with E-state index in [0.29, 0.717) is 11.4 Å². The summed E-state index contributed by atoms with van der Waals surface area (Å²) in [4.78, 5) is 12.5. The lowest BCUT2D eigenvalue weighted by Crippen LogP contribution is -2.50. The fraction of sp³-hybridized carbons (Fsp3) is 0.211. The standard InChI is InChI=1S/C19H20N2O4S/c1-3-12-20-19(22)18-13-21(16-6-4-5-7-17(16)25-18)26(23,24)15-10-8-14(2)9-11-15/h3-11,18H,1,12-13H2,2H3,(H,20,22)/t18-/m0/s1. The van der Waals surface area contributed by atoms with Gasteiger partial charge >= 0.3 is 0 Å². The predicted molar refractivity (Wildman–Crippen MR) is 99.8 cm³/mol. The molecule has 0 aliphatic carbocycles. The predicted octanol–water partition coefficient (Wildman–Crippen LogP) is 2.25. The quantitative estimate of drug-likeness (QED) is 0.817. The lowest BCUT2D eigenvalue weighted by molar-refractivity contribution is -0.127. The number of ether oxygens (including phenoxy) is 1. The van der Waals surface area contributed by atoms with Crippen LogP contribution < -0.4 is 14.4 Å². The Kier molecular flexibility index (Phi) is 4.99. The molecule has 0 unspecified atom stereocenters. The second-order valence-electron chi connectivity index (χ2n) is 5.96. The first kappa shape index (κ1) is 18.0. The fourth-order valence-corrected chi connectivity index (χ4v) is 4.17. The fourth-order valence-electron chi connectivity index (χ4n) is 2.69. The number of hydrogen-bond donors (Lipinski definition) is 1. The highest BCUT2D eigenvalue weighted by atomic mass is 32.2. The first-order valence-electron chi connectivity index (χ1n) is 8.17. The molecule has 1 amide bonds. The monoisotopic (exact) mass is 372 g/mol. The highest BCUT2D eigenvalue weighted by molar-refractivity contribution is 7.92. The van der Waals surface area contributed by atoms with Gasteiger partial charge in [0.25, 0.3) is 15.9 Å².